The highest BCUT2D eigenvalue weighted by Gasteiger charge is 2.27. The molecule has 1 aliphatic heterocycles. The Morgan fingerprint density at radius 1 is 0.950 bits per heavy atom. The van der Waals surface area contributed by atoms with Crippen LogP contribution in [0.4, 0.5) is 0 Å². The zero-order valence-electron chi connectivity index (χ0n) is 11.0. The van der Waals surface area contributed by atoms with Gasteiger partial charge in [0.1, 0.15) is 0 Å². The SMILES string of the molecule is O=S(=O)(c1cccc2cccc(Cl)c12)N1CCCCC1. The Hall–Kier alpha value is -1.10. The minimum absolute atomic E-state index is 0.322. The molecule has 1 fully saturated rings. The number of halogens is 1. The number of piperidine rings is 1. The predicted octanol–water partition coefficient (Wildman–Crippen LogP) is 3.67. The molecule has 3 nitrogen and oxygen atoms in total. The molecule has 20 heavy (non-hydrogen) atoms. The van der Waals surface area contributed by atoms with Crippen molar-refractivity contribution in [3.05, 3.63) is 41.4 Å². The van der Waals surface area contributed by atoms with Crippen LogP contribution in [0.2, 0.25) is 5.02 Å². The third-order valence-electron chi connectivity index (χ3n) is 3.75. The Morgan fingerprint density at radius 2 is 1.60 bits per heavy atom. The van der Waals surface area contributed by atoms with Gasteiger partial charge >= 0.3 is 0 Å². The van der Waals surface area contributed by atoms with Crippen molar-refractivity contribution in [1.82, 2.24) is 4.31 Å². The Labute approximate surface area is 124 Å². The van der Waals surface area contributed by atoms with Gasteiger partial charge < -0.3 is 0 Å². The lowest BCUT2D eigenvalue weighted by Gasteiger charge is -2.26. The molecule has 5 heteroatoms. The molecule has 0 N–H and O–H groups in total. The maximum atomic E-state index is 12.8. The van der Waals surface area contributed by atoms with Crippen LogP contribution >= 0.6 is 11.6 Å². The summed E-state index contributed by atoms with van der Waals surface area (Å²) in [5.41, 5.74) is 0. The second-order valence-electron chi connectivity index (χ2n) is 5.06. The van der Waals surface area contributed by atoms with Crippen LogP contribution in [-0.4, -0.2) is 25.8 Å². The molecule has 0 radical (unpaired) electrons. The molecule has 106 valence electrons. The van der Waals surface area contributed by atoms with E-state index < -0.39 is 10.0 Å². The van der Waals surface area contributed by atoms with Gasteiger partial charge in [-0.15, -0.1) is 0 Å². The van der Waals surface area contributed by atoms with Crippen LogP contribution in [0.5, 0.6) is 0 Å². The number of sulfonamides is 1. The van der Waals surface area contributed by atoms with E-state index in [1.54, 1.807) is 22.5 Å². The van der Waals surface area contributed by atoms with Crippen molar-refractivity contribution in [2.24, 2.45) is 0 Å². The van der Waals surface area contributed by atoms with E-state index in [1.165, 1.54) is 0 Å². The first kappa shape index (κ1) is 13.9. The second-order valence-corrected chi connectivity index (χ2v) is 7.37. The molecule has 1 aliphatic rings. The summed E-state index contributed by atoms with van der Waals surface area (Å²) in [7, 11) is -3.46. The maximum Gasteiger partial charge on any atom is 0.243 e. The Kier molecular flexibility index (Phi) is 3.71. The number of fused-ring (bicyclic) bond motifs is 1. The van der Waals surface area contributed by atoms with Gasteiger partial charge in [-0.05, 0) is 30.4 Å². The van der Waals surface area contributed by atoms with Gasteiger partial charge in [-0.1, -0.05) is 42.3 Å². The molecule has 0 unspecified atom stereocenters. The number of hydrogen-bond acceptors (Lipinski definition) is 2. The number of hydrogen-bond donors (Lipinski definition) is 0. The average Bonchev–Trinajstić information content (AvgIpc) is 2.48. The number of nitrogens with zero attached hydrogens (tertiary/aromatic N) is 1. The Bertz CT molecular complexity index is 731. The van der Waals surface area contributed by atoms with E-state index in [0.717, 1.165) is 24.6 Å². The summed E-state index contributed by atoms with van der Waals surface area (Å²) < 4.78 is 27.2. The smallest absolute Gasteiger partial charge is 0.207 e. The van der Waals surface area contributed by atoms with Crippen LogP contribution in [0.15, 0.2) is 41.3 Å². The lowest BCUT2D eigenvalue weighted by Crippen LogP contribution is -2.35. The van der Waals surface area contributed by atoms with Crippen molar-refractivity contribution in [1.29, 1.82) is 0 Å². The summed E-state index contributed by atoms with van der Waals surface area (Å²) >= 11 is 6.22. The van der Waals surface area contributed by atoms with E-state index in [-0.39, 0.29) is 0 Å². The highest BCUT2D eigenvalue weighted by atomic mass is 35.5. The van der Waals surface area contributed by atoms with Crippen LogP contribution in [0.25, 0.3) is 10.8 Å². The standard InChI is InChI=1S/C15H16ClNO2S/c16-13-8-4-6-12-7-5-9-14(15(12)13)20(18,19)17-10-2-1-3-11-17/h4-9H,1-3,10-11H2. The Balaban J connectivity index is 2.18. The van der Waals surface area contributed by atoms with Crippen molar-refractivity contribution < 1.29 is 8.42 Å². The zero-order valence-corrected chi connectivity index (χ0v) is 12.6. The third kappa shape index (κ3) is 2.32. The highest BCUT2D eigenvalue weighted by molar-refractivity contribution is 7.89. The molecule has 1 heterocycles. The van der Waals surface area contributed by atoms with Gasteiger partial charge in [0.2, 0.25) is 10.0 Å². The van der Waals surface area contributed by atoms with Crippen molar-refractivity contribution >= 4 is 32.4 Å². The Morgan fingerprint density at radius 3 is 2.30 bits per heavy atom. The fourth-order valence-corrected chi connectivity index (χ4v) is 4.81. The zero-order chi connectivity index (χ0) is 14.2. The van der Waals surface area contributed by atoms with Gasteiger partial charge in [0.15, 0.2) is 0 Å². The monoisotopic (exact) mass is 309 g/mol. The molecular formula is C15H16ClNO2S. The summed E-state index contributed by atoms with van der Waals surface area (Å²) in [6, 6.07) is 10.8. The first-order chi connectivity index (χ1) is 9.60. The molecule has 0 aromatic heterocycles. The maximum absolute atomic E-state index is 12.8. The van der Waals surface area contributed by atoms with Crippen LogP contribution < -0.4 is 0 Å². The fraction of sp³-hybridized carbons (Fsp3) is 0.333. The highest BCUT2D eigenvalue weighted by Crippen LogP contribution is 2.32. The largest absolute Gasteiger partial charge is 0.243 e. The summed E-state index contributed by atoms with van der Waals surface area (Å²) in [6.45, 7) is 1.20. The van der Waals surface area contributed by atoms with Gasteiger partial charge in [0.05, 0.1) is 4.90 Å². The van der Waals surface area contributed by atoms with Gasteiger partial charge in [0.25, 0.3) is 0 Å². The van der Waals surface area contributed by atoms with Crippen LogP contribution in [0, 0.1) is 0 Å². The van der Waals surface area contributed by atoms with Crippen LogP contribution in [0.1, 0.15) is 19.3 Å². The van der Waals surface area contributed by atoms with Crippen molar-refractivity contribution in [3.63, 3.8) is 0 Å². The van der Waals surface area contributed by atoms with Gasteiger partial charge in [0, 0.05) is 23.5 Å². The minimum atomic E-state index is -3.46. The molecule has 0 atom stereocenters. The fourth-order valence-electron chi connectivity index (χ4n) is 2.72. The average molecular weight is 310 g/mol. The third-order valence-corrected chi connectivity index (χ3v) is 6.00. The number of benzene rings is 2. The number of rotatable bonds is 2. The van der Waals surface area contributed by atoms with Crippen LogP contribution in [0.3, 0.4) is 0 Å². The molecule has 0 amide bonds. The molecule has 2 aromatic rings. The van der Waals surface area contributed by atoms with Crippen molar-refractivity contribution in [3.8, 4) is 0 Å². The molecule has 0 saturated carbocycles. The molecule has 1 saturated heterocycles. The van der Waals surface area contributed by atoms with E-state index in [9.17, 15) is 8.42 Å². The summed E-state index contributed by atoms with van der Waals surface area (Å²) in [6.07, 6.45) is 2.96. The second kappa shape index (κ2) is 5.35. The molecule has 3 rings (SSSR count). The van der Waals surface area contributed by atoms with Crippen molar-refractivity contribution in [2.45, 2.75) is 24.2 Å². The lowest BCUT2D eigenvalue weighted by atomic mass is 10.1. The van der Waals surface area contributed by atoms with E-state index in [2.05, 4.69) is 0 Å². The van der Waals surface area contributed by atoms with Crippen molar-refractivity contribution in [2.75, 3.05) is 13.1 Å². The van der Waals surface area contributed by atoms with E-state index in [4.69, 9.17) is 11.6 Å². The summed E-state index contributed by atoms with van der Waals surface area (Å²) in [5, 5.41) is 1.97. The van der Waals surface area contributed by atoms with Gasteiger partial charge in [-0.25, -0.2) is 8.42 Å². The van der Waals surface area contributed by atoms with E-state index in [0.29, 0.717) is 28.4 Å². The van der Waals surface area contributed by atoms with E-state index in [1.807, 2.05) is 18.2 Å². The predicted molar refractivity (Wildman–Crippen MR) is 81.6 cm³/mol. The van der Waals surface area contributed by atoms with Crippen LogP contribution in [-0.2, 0) is 10.0 Å². The lowest BCUT2D eigenvalue weighted by molar-refractivity contribution is 0.347. The first-order valence-corrected chi connectivity index (χ1v) is 8.60. The minimum Gasteiger partial charge on any atom is -0.207 e. The summed E-state index contributed by atoms with van der Waals surface area (Å²) in [5.74, 6) is 0. The normalized spacial score (nSPS) is 17.4. The van der Waals surface area contributed by atoms with E-state index >= 15 is 0 Å². The topological polar surface area (TPSA) is 37.4 Å². The quantitative estimate of drug-likeness (QED) is 0.849. The summed E-state index contributed by atoms with van der Waals surface area (Å²) in [4.78, 5) is 0.322. The molecule has 0 bridgehead atoms. The van der Waals surface area contributed by atoms with Gasteiger partial charge in [-0.3, -0.25) is 0 Å². The first-order valence-electron chi connectivity index (χ1n) is 6.78. The molecule has 2 aromatic carbocycles. The molecule has 0 spiro atoms. The van der Waals surface area contributed by atoms with Gasteiger partial charge in [-0.2, -0.15) is 4.31 Å². The molecular weight excluding hydrogens is 294 g/mol. The molecule has 0 aliphatic carbocycles.